The van der Waals surface area contributed by atoms with Crippen molar-refractivity contribution in [3.8, 4) is 0 Å². The zero-order valence-electron chi connectivity index (χ0n) is 8.87. The van der Waals surface area contributed by atoms with Gasteiger partial charge >= 0.3 is 5.97 Å². The van der Waals surface area contributed by atoms with Gasteiger partial charge in [-0.15, -0.1) is 12.4 Å². The molecule has 0 bridgehead atoms. The first kappa shape index (κ1) is 14.7. The monoisotopic (exact) mass is 241 g/mol. The molecule has 1 rings (SSSR count). The Hall–Kier alpha value is -1.32. The maximum atomic E-state index is 10.2. The molecule has 0 amide bonds. The van der Waals surface area contributed by atoms with Gasteiger partial charge in [-0.2, -0.15) is 0 Å². The number of nitrogens with two attached hydrogens (primary N) is 1. The molecule has 1 aromatic carbocycles. The Bertz CT molecular complexity index is 338. The fourth-order valence-corrected chi connectivity index (χ4v) is 1.28. The molecule has 0 aromatic heterocycles. The van der Waals surface area contributed by atoms with Gasteiger partial charge in [-0.1, -0.05) is 36.4 Å². The van der Waals surface area contributed by atoms with Crippen LogP contribution in [0.25, 0.3) is 0 Å². The van der Waals surface area contributed by atoms with Crippen LogP contribution >= 0.6 is 12.4 Å². The lowest BCUT2D eigenvalue weighted by Crippen LogP contribution is -2.18. The van der Waals surface area contributed by atoms with E-state index in [-0.39, 0.29) is 18.4 Å². The second kappa shape index (κ2) is 7.91. The standard InChI is InChI=1S/C12H15NO2.ClH/c13-11(8-9-12(14)15)7-6-10-4-2-1-3-5-10;/h1-5,8-9,11H,6-7,13H2,(H,14,15);1H. The number of carbonyl (C=O) groups is 1. The van der Waals surface area contributed by atoms with Crippen LogP contribution in [0.4, 0.5) is 0 Å². The summed E-state index contributed by atoms with van der Waals surface area (Å²) in [7, 11) is 0. The highest BCUT2D eigenvalue weighted by Crippen LogP contribution is 2.04. The highest BCUT2D eigenvalue weighted by Gasteiger charge is 1.99. The number of rotatable bonds is 5. The number of halogens is 1. The smallest absolute Gasteiger partial charge is 0.328 e. The summed E-state index contributed by atoms with van der Waals surface area (Å²) in [5.41, 5.74) is 6.94. The maximum Gasteiger partial charge on any atom is 0.328 e. The topological polar surface area (TPSA) is 63.3 Å². The molecule has 0 radical (unpaired) electrons. The van der Waals surface area contributed by atoms with Gasteiger partial charge in [0, 0.05) is 12.1 Å². The number of carboxylic acids is 1. The molecule has 0 spiro atoms. The first-order valence-corrected chi connectivity index (χ1v) is 4.89. The van der Waals surface area contributed by atoms with E-state index < -0.39 is 5.97 Å². The van der Waals surface area contributed by atoms with Gasteiger partial charge in [-0.05, 0) is 18.4 Å². The van der Waals surface area contributed by atoms with E-state index >= 15 is 0 Å². The summed E-state index contributed by atoms with van der Waals surface area (Å²) in [6.45, 7) is 0. The van der Waals surface area contributed by atoms with Gasteiger partial charge in [-0.25, -0.2) is 4.79 Å². The largest absolute Gasteiger partial charge is 0.478 e. The van der Waals surface area contributed by atoms with Crippen molar-refractivity contribution in [2.45, 2.75) is 18.9 Å². The van der Waals surface area contributed by atoms with E-state index in [1.54, 1.807) is 0 Å². The molecule has 0 aliphatic carbocycles. The highest BCUT2D eigenvalue weighted by atomic mass is 35.5. The Balaban J connectivity index is 0.00000225. The molecular formula is C12H16ClNO2. The van der Waals surface area contributed by atoms with Crippen molar-refractivity contribution in [1.82, 2.24) is 0 Å². The third kappa shape index (κ3) is 6.22. The number of benzene rings is 1. The van der Waals surface area contributed by atoms with Crippen LogP contribution in [-0.4, -0.2) is 17.1 Å². The van der Waals surface area contributed by atoms with Crippen LogP contribution < -0.4 is 5.73 Å². The lowest BCUT2D eigenvalue weighted by molar-refractivity contribution is -0.131. The Labute approximate surface area is 101 Å². The van der Waals surface area contributed by atoms with E-state index in [0.29, 0.717) is 0 Å². The molecule has 3 N–H and O–H groups in total. The molecule has 4 heteroatoms. The molecule has 0 saturated heterocycles. The molecule has 1 aromatic rings. The number of aryl methyl sites for hydroxylation is 1. The maximum absolute atomic E-state index is 10.2. The average Bonchev–Trinajstić information content (AvgIpc) is 2.25. The van der Waals surface area contributed by atoms with Crippen LogP contribution in [0.3, 0.4) is 0 Å². The Morgan fingerprint density at radius 2 is 2.00 bits per heavy atom. The van der Waals surface area contributed by atoms with E-state index in [1.165, 1.54) is 11.6 Å². The van der Waals surface area contributed by atoms with Gasteiger partial charge in [-0.3, -0.25) is 0 Å². The minimum Gasteiger partial charge on any atom is -0.478 e. The molecule has 16 heavy (non-hydrogen) atoms. The molecule has 1 atom stereocenters. The van der Waals surface area contributed by atoms with Crippen LogP contribution in [0.15, 0.2) is 42.5 Å². The summed E-state index contributed by atoms with van der Waals surface area (Å²) >= 11 is 0. The number of aliphatic carboxylic acids is 1. The van der Waals surface area contributed by atoms with Gasteiger partial charge in [0.2, 0.25) is 0 Å². The summed E-state index contributed by atoms with van der Waals surface area (Å²) in [6, 6.07) is 9.80. The van der Waals surface area contributed by atoms with E-state index in [4.69, 9.17) is 10.8 Å². The summed E-state index contributed by atoms with van der Waals surface area (Å²) in [4.78, 5) is 10.2. The number of hydrogen-bond donors (Lipinski definition) is 2. The van der Waals surface area contributed by atoms with Crippen LogP contribution in [0, 0.1) is 0 Å². The summed E-state index contributed by atoms with van der Waals surface area (Å²) in [6.07, 6.45) is 4.24. The number of carboxylic acid groups (broad SMARTS) is 1. The predicted octanol–water partition coefficient (Wildman–Crippen LogP) is 2.01. The van der Waals surface area contributed by atoms with Crippen molar-refractivity contribution in [1.29, 1.82) is 0 Å². The normalized spacial score (nSPS) is 12.1. The SMILES string of the molecule is Cl.NC(C=CC(=O)O)CCc1ccccc1. The lowest BCUT2D eigenvalue weighted by atomic mass is 10.1. The van der Waals surface area contributed by atoms with Crippen molar-refractivity contribution in [2.24, 2.45) is 5.73 Å². The fraction of sp³-hybridized carbons (Fsp3) is 0.250. The quantitative estimate of drug-likeness (QED) is 0.776. The Kier molecular flexibility index (Phi) is 7.25. The molecule has 0 aliphatic heterocycles. The molecule has 0 heterocycles. The van der Waals surface area contributed by atoms with E-state index in [0.717, 1.165) is 18.9 Å². The first-order valence-electron chi connectivity index (χ1n) is 4.89. The van der Waals surface area contributed by atoms with Gasteiger partial charge in [0.25, 0.3) is 0 Å². The third-order valence-electron chi connectivity index (χ3n) is 2.10. The molecule has 0 fully saturated rings. The van der Waals surface area contributed by atoms with Crippen molar-refractivity contribution in [3.63, 3.8) is 0 Å². The minimum absolute atomic E-state index is 0. The molecule has 3 nitrogen and oxygen atoms in total. The van der Waals surface area contributed by atoms with Crippen molar-refractivity contribution in [2.75, 3.05) is 0 Å². The van der Waals surface area contributed by atoms with Gasteiger partial charge in [0.15, 0.2) is 0 Å². The van der Waals surface area contributed by atoms with Crippen molar-refractivity contribution >= 4 is 18.4 Å². The van der Waals surface area contributed by atoms with Crippen molar-refractivity contribution in [3.05, 3.63) is 48.0 Å². The second-order valence-corrected chi connectivity index (χ2v) is 3.39. The van der Waals surface area contributed by atoms with Gasteiger partial charge in [0.1, 0.15) is 0 Å². The van der Waals surface area contributed by atoms with Crippen molar-refractivity contribution < 1.29 is 9.90 Å². The van der Waals surface area contributed by atoms with E-state index in [2.05, 4.69) is 0 Å². The second-order valence-electron chi connectivity index (χ2n) is 3.39. The minimum atomic E-state index is -0.954. The van der Waals surface area contributed by atoms with Crippen LogP contribution in [-0.2, 0) is 11.2 Å². The number of hydrogen-bond acceptors (Lipinski definition) is 2. The third-order valence-corrected chi connectivity index (χ3v) is 2.10. The van der Waals surface area contributed by atoms with Crippen LogP contribution in [0.2, 0.25) is 0 Å². The first-order chi connectivity index (χ1) is 7.18. The summed E-state index contributed by atoms with van der Waals surface area (Å²) in [5, 5.41) is 8.41. The Morgan fingerprint density at radius 3 is 2.56 bits per heavy atom. The van der Waals surface area contributed by atoms with Crippen LogP contribution in [0.5, 0.6) is 0 Å². The Morgan fingerprint density at radius 1 is 1.38 bits per heavy atom. The van der Waals surface area contributed by atoms with Gasteiger partial charge < -0.3 is 10.8 Å². The molecule has 0 saturated carbocycles. The zero-order valence-corrected chi connectivity index (χ0v) is 9.69. The van der Waals surface area contributed by atoms with E-state index in [1.807, 2.05) is 30.3 Å². The van der Waals surface area contributed by atoms with Crippen LogP contribution in [0.1, 0.15) is 12.0 Å². The fourth-order valence-electron chi connectivity index (χ4n) is 1.28. The predicted molar refractivity (Wildman–Crippen MR) is 66.8 cm³/mol. The summed E-state index contributed by atoms with van der Waals surface area (Å²) in [5.74, 6) is -0.954. The molecular weight excluding hydrogens is 226 g/mol. The highest BCUT2D eigenvalue weighted by molar-refractivity contribution is 5.85. The molecule has 88 valence electrons. The lowest BCUT2D eigenvalue weighted by Gasteiger charge is -2.05. The average molecular weight is 242 g/mol. The molecule has 1 unspecified atom stereocenters. The zero-order chi connectivity index (χ0) is 11.1. The van der Waals surface area contributed by atoms with E-state index in [9.17, 15) is 4.79 Å². The van der Waals surface area contributed by atoms with Gasteiger partial charge in [0.05, 0.1) is 0 Å². The molecule has 0 aliphatic rings. The summed E-state index contributed by atoms with van der Waals surface area (Å²) < 4.78 is 0.